The molecule has 0 saturated heterocycles. The highest BCUT2D eigenvalue weighted by Crippen LogP contribution is 2.37. The average molecular weight is 397 g/mol. The van der Waals surface area contributed by atoms with Crippen LogP contribution in [0.2, 0.25) is 0 Å². The maximum atomic E-state index is 12.1. The van der Waals surface area contributed by atoms with Crippen LogP contribution in [0.5, 0.6) is 17.2 Å². The second kappa shape index (κ2) is 8.92. The lowest BCUT2D eigenvalue weighted by Gasteiger charge is -2.10. The van der Waals surface area contributed by atoms with Gasteiger partial charge in [-0.15, -0.1) is 0 Å². The first-order valence-corrected chi connectivity index (χ1v) is 8.69. The van der Waals surface area contributed by atoms with Crippen molar-refractivity contribution in [1.82, 2.24) is 0 Å². The normalized spacial score (nSPS) is 11.9. The Balaban J connectivity index is 1.56. The van der Waals surface area contributed by atoms with Crippen molar-refractivity contribution in [3.8, 4) is 17.2 Å². The fraction of sp³-hybridized carbons (Fsp3) is 0.190. The van der Waals surface area contributed by atoms with Crippen LogP contribution in [0.1, 0.15) is 22.8 Å². The molecule has 8 nitrogen and oxygen atoms in total. The highest BCUT2D eigenvalue weighted by atomic mass is 16.7. The number of benzene rings is 2. The molecule has 2 aromatic rings. The van der Waals surface area contributed by atoms with Crippen LogP contribution in [0.25, 0.3) is 6.08 Å². The van der Waals surface area contributed by atoms with Crippen LogP contribution in [0.4, 0.5) is 5.69 Å². The molecule has 8 heteroatoms. The fourth-order valence-electron chi connectivity index (χ4n) is 2.59. The summed E-state index contributed by atoms with van der Waals surface area (Å²) in [6.07, 6.45) is 2.78. The van der Waals surface area contributed by atoms with Crippen LogP contribution in [0, 0.1) is 0 Å². The summed E-state index contributed by atoms with van der Waals surface area (Å²) in [6, 6.07) is 10.1. The van der Waals surface area contributed by atoms with E-state index in [1.54, 1.807) is 37.5 Å². The molecule has 0 radical (unpaired) electrons. The van der Waals surface area contributed by atoms with Gasteiger partial charge in [0.05, 0.1) is 12.8 Å². The van der Waals surface area contributed by atoms with Crippen molar-refractivity contribution in [1.29, 1.82) is 0 Å². The van der Waals surface area contributed by atoms with Crippen molar-refractivity contribution in [2.24, 2.45) is 0 Å². The first kappa shape index (κ1) is 19.9. The van der Waals surface area contributed by atoms with E-state index in [4.69, 9.17) is 18.9 Å². The number of ether oxygens (including phenoxy) is 4. The summed E-state index contributed by atoms with van der Waals surface area (Å²) in [5, 5.41) is 2.55. The first-order chi connectivity index (χ1) is 14.0. The fourth-order valence-corrected chi connectivity index (χ4v) is 2.59. The smallest absolute Gasteiger partial charge is 0.331 e. The molecule has 0 spiro atoms. The number of amides is 1. The van der Waals surface area contributed by atoms with E-state index in [-0.39, 0.29) is 23.8 Å². The molecule has 2 aromatic carbocycles. The number of esters is 1. The summed E-state index contributed by atoms with van der Waals surface area (Å²) in [5.41, 5.74) is 1.31. The minimum absolute atomic E-state index is 0.0439. The van der Waals surface area contributed by atoms with E-state index in [0.717, 1.165) is 5.56 Å². The Labute approximate surface area is 167 Å². The largest absolute Gasteiger partial charge is 0.497 e. The maximum absolute atomic E-state index is 12.1. The van der Waals surface area contributed by atoms with Crippen LogP contribution in [0.15, 0.2) is 42.5 Å². The second-order valence-electron chi connectivity index (χ2n) is 6.07. The number of rotatable bonds is 7. The summed E-state index contributed by atoms with van der Waals surface area (Å²) in [6.45, 7) is 0.914. The summed E-state index contributed by atoms with van der Waals surface area (Å²) < 4.78 is 20.5. The van der Waals surface area contributed by atoms with E-state index in [1.165, 1.54) is 25.1 Å². The zero-order valence-electron chi connectivity index (χ0n) is 15.9. The number of ketones is 1. The van der Waals surface area contributed by atoms with Gasteiger partial charge in [0.1, 0.15) is 5.75 Å². The van der Waals surface area contributed by atoms with Crippen molar-refractivity contribution in [2.75, 3.05) is 25.8 Å². The molecule has 1 heterocycles. The molecule has 0 aliphatic carbocycles. The van der Waals surface area contributed by atoms with Crippen LogP contribution >= 0.6 is 0 Å². The number of hydrogen-bond donors (Lipinski definition) is 1. The Kier molecular flexibility index (Phi) is 6.13. The van der Waals surface area contributed by atoms with Crippen molar-refractivity contribution in [3.05, 3.63) is 53.6 Å². The van der Waals surface area contributed by atoms with E-state index in [0.29, 0.717) is 17.2 Å². The van der Waals surface area contributed by atoms with Gasteiger partial charge in [-0.1, -0.05) is 12.1 Å². The summed E-state index contributed by atoms with van der Waals surface area (Å²) in [4.78, 5) is 35.8. The van der Waals surface area contributed by atoms with Crippen LogP contribution in [-0.4, -0.2) is 38.2 Å². The number of carbonyl (C=O) groups is 3. The number of anilines is 1. The lowest BCUT2D eigenvalue weighted by Crippen LogP contribution is -2.21. The molecule has 0 aromatic heterocycles. The monoisotopic (exact) mass is 397 g/mol. The third-order valence-electron chi connectivity index (χ3n) is 4.04. The Morgan fingerprint density at radius 2 is 1.79 bits per heavy atom. The molecule has 3 rings (SSSR count). The molecule has 1 N–H and O–H groups in total. The zero-order chi connectivity index (χ0) is 20.8. The average Bonchev–Trinajstić information content (AvgIpc) is 3.17. The predicted octanol–water partition coefficient (Wildman–Crippen LogP) is 2.82. The van der Waals surface area contributed by atoms with Crippen LogP contribution < -0.4 is 19.5 Å². The van der Waals surface area contributed by atoms with Gasteiger partial charge in [-0.05, 0) is 36.8 Å². The quantitative estimate of drug-likeness (QED) is 0.436. The molecule has 0 saturated carbocycles. The highest BCUT2D eigenvalue weighted by Gasteiger charge is 2.20. The number of fused-ring (bicyclic) bond motifs is 1. The third kappa shape index (κ3) is 5.13. The molecule has 0 bridgehead atoms. The standard InChI is InChI=1S/C21H19NO7/c1-13(23)16-9-18-19(29-12-28-18)10-17(16)22-20(24)11-27-21(25)8-5-14-3-6-15(26-2)7-4-14/h3-10H,11-12H2,1-2H3,(H,22,24)/b8-5+. The molecule has 1 aliphatic rings. The van der Waals surface area contributed by atoms with Crippen LogP contribution in [0.3, 0.4) is 0 Å². The van der Waals surface area contributed by atoms with Crippen molar-refractivity contribution in [3.63, 3.8) is 0 Å². The van der Waals surface area contributed by atoms with Gasteiger partial charge in [-0.3, -0.25) is 9.59 Å². The zero-order valence-corrected chi connectivity index (χ0v) is 15.9. The van der Waals surface area contributed by atoms with Crippen molar-refractivity contribution in [2.45, 2.75) is 6.92 Å². The number of carbonyl (C=O) groups excluding carboxylic acids is 3. The first-order valence-electron chi connectivity index (χ1n) is 8.69. The Morgan fingerprint density at radius 3 is 2.45 bits per heavy atom. The highest BCUT2D eigenvalue weighted by molar-refractivity contribution is 6.05. The molecule has 1 amide bonds. The summed E-state index contributed by atoms with van der Waals surface area (Å²) in [7, 11) is 1.57. The summed E-state index contributed by atoms with van der Waals surface area (Å²) in [5.74, 6) is 0.0480. The van der Waals surface area contributed by atoms with E-state index in [9.17, 15) is 14.4 Å². The Morgan fingerprint density at radius 1 is 1.10 bits per heavy atom. The minimum Gasteiger partial charge on any atom is -0.497 e. The lowest BCUT2D eigenvalue weighted by atomic mass is 10.1. The topological polar surface area (TPSA) is 100 Å². The molecule has 150 valence electrons. The number of hydrogen-bond acceptors (Lipinski definition) is 7. The molecular formula is C21H19NO7. The third-order valence-corrected chi connectivity index (χ3v) is 4.04. The molecule has 0 fully saturated rings. The van der Waals surface area contributed by atoms with Gasteiger partial charge < -0.3 is 24.3 Å². The van der Waals surface area contributed by atoms with Gasteiger partial charge >= 0.3 is 5.97 Å². The van der Waals surface area contributed by atoms with Crippen LogP contribution in [-0.2, 0) is 14.3 Å². The maximum Gasteiger partial charge on any atom is 0.331 e. The molecule has 0 atom stereocenters. The van der Waals surface area contributed by atoms with E-state index in [2.05, 4.69) is 5.32 Å². The molecule has 29 heavy (non-hydrogen) atoms. The van der Waals surface area contributed by atoms with Crippen molar-refractivity contribution >= 4 is 29.4 Å². The Bertz CT molecular complexity index is 964. The molecule has 0 unspecified atom stereocenters. The Hall–Kier alpha value is -3.81. The van der Waals surface area contributed by atoms with Gasteiger partial charge in [0.2, 0.25) is 6.79 Å². The van der Waals surface area contributed by atoms with Gasteiger partial charge in [0, 0.05) is 17.7 Å². The minimum atomic E-state index is -0.673. The lowest BCUT2D eigenvalue weighted by molar-refractivity contribution is -0.142. The number of nitrogens with one attached hydrogen (secondary N) is 1. The number of Topliss-reactive ketones (excluding diaryl/α,β-unsaturated/α-hetero) is 1. The predicted molar refractivity (Wildman–Crippen MR) is 104 cm³/mol. The second-order valence-corrected chi connectivity index (χ2v) is 6.07. The molecule has 1 aliphatic heterocycles. The van der Waals surface area contributed by atoms with Crippen molar-refractivity contribution < 1.29 is 33.3 Å². The SMILES string of the molecule is COc1ccc(/C=C/C(=O)OCC(=O)Nc2cc3c(cc2C(C)=O)OCO3)cc1. The number of methoxy groups -OCH3 is 1. The van der Waals surface area contributed by atoms with Gasteiger partial charge in [0.25, 0.3) is 5.91 Å². The molecular weight excluding hydrogens is 378 g/mol. The van der Waals surface area contributed by atoms with Gasteiger partial charge in [-0.2, -0.15) is 0 Å². The van der Waals surface area contributed by atoms with E-state index in [1.807, 2.05) is 0 Å². The van der Waals surface area contributed by atoms with Gasteiger partial charge in [0.15, 0.2) is 23.9 Å². The van der Waals surface area contributed by atoms with E-state index >= 15 is 0 Å². The van der Waals surface area contributed by atoms with E-state index < -0.39 is 18.5 Å². The summed E-state index contributed by atoms with van der Waals surface area (Å²) >= 11 is 0. The van der Waals surface area contributed by atoms with Gasteiger partial charge in [-0.25, -0.2) is 4.79 Å².